The molecule has 0 unspecified atom stereocenters. The van der Waals surface area contributed by atoms with Gasteiger partial charge in [0, 0.05) is 15.7 Å². The van der Waals surface area contributed by atoms with Crippen molar-refractivity contribution in [1.29, 1.82) is 0 Å². The molecule has 3 aromatic rings. The van der Waals surface area contributed by atoms with Crippen LogP contribution >= 0.6 is 15.9 Å². The molecular formula is C21H20BrNO4. The molecule has 140 valence electrons. The van der Waals surface area contributed by atoms with Crippen molar-refractivity contribution in [3.63, 3.8) is 0 Å². The zero-order valence-electron chi connectivity index (χ0n) is 15.3. The number of carbonyl (C=O) groups is 1. The molecule has 0 spiro atoms. The van der Waals surface area contributed by atoms with Crippen LogP contribution in [0.4, 0.5) is 5.69 Å². The fourth-order valence-electron chi connectivity index (χ4n) is 2.89. The number of halogens is 1. The fourth-order valence-corrected chi connectivity index (χ4v) is 3.46. The minimum Gasteiger partial charge on any atom is -0.496 e. The van der Waals surface area contributed by atoms with E-state index in [2.05, 4.69) is 21.2 Å². The standard InChI is InChI=1S/C21H20BrNO4/c1-12-4-5-14(19-7-6-16(11-24)27-19)9-18(12)23-21(25)17-10-15(22)8-13(2)20(17)26-3/h4-10,24H,11H2,1-3H3,(H,23,25). The van der Waals surface area contributed by atoms with Crippen LogP contribution in [0.25, 0.3) is 11.3 Å². The maximum absolute atomic E-state index is 12.9. The summed E-state index contributed by atoms with van der Waals surface area (Å²) in [4.78, 5) is 12.9. The number of furan rings is 1. The largest absolute Gasteiger partial charge is 0.496 e. The van der Waals surface area contributed by atoms with Gasteiger partial charge in [-0.2, -0.15) is 0 Å². The highest BCUT2D eigenvalue weighted by Crippen LogP contribution is 2.31. The molecule has 1 amide bonds. The molecule has 6 heteroatoms. The number of carbonyl (C=O) groups excluding carboxylic acids is 1. The van der Waals surface area contributed by atoms with Crippen molar-refractivity contribution in [3.8, 4) is 17.1 Å². The van der Waals surface area contributed by atoms with Gasteiger partial charge in [-0.1, -0.05) is 28.1 Å². The van der Waals surface area contributed by atoms with E-state index in [4.69, 9.17) is 14.3 Å². The molecule has 5 nitrogen and oxygen atoms in total. The third-order valence-electron chi connectivity index (χ3n) is 4.28. The van der Waals surface area contributed by atoms with E-state index in [0.717, 1.165) is 21.2 Å². The Morgan fingerprint density at radius 3 is 2.59 bits per heavy atom. The second-order valence-electron chi connectivity index (χ2n) is 6.21. The minimum atomic E-state index is -0.257. The molecule has 0 aliphatic heterocycles. The van der Waals surface area contributed by atoms with Crippen molar-refractivity contribution in [2.24, 2.45) is 0 Å². The summed E-state index contributed by atoms with van der Waals surface area (Å²) in [7, 11) is 1.55. The Balaban J connectivity index is 1.94. The Kier molecular flexibility index (Phi) is 5.68. The predicted octanol–water partition coefficient (Wildman–Crippen LogP) is 5.08. The van der Waals surface area contributed by atoms with Crippen molar-refractivity contribution in [2.75, 3.05) is 12.4 Å². The second-order valence-corrected chi connectivity index (χ2v) is 7.13. The lowest BCUT2D eigenvalue weighted by Crippen LogP contribution is -2.14. The monoisotopic (exact) mass is 429 g/mol. The molecule has 0 bridgehead atoms. The number of aliphatic hydroxyl groups excluding tert-OH is 1. The van der Waals surface area contributed by atoms with Crippen LogP contribution < -0.4 is 10.1 Å². The smallest absolute Gasteiger partial charge is 0.259 e. The Labute approximate surface area is 166 Å². The van der Waals surface area contributed by atoms with Gasteiger partial charge < -0.3 is 19.6 Å². The van der Waals surface area contributed by atoms with Crippen LogP contribution in [-0.2, 0) is 6.61 Å². The van der Waals surface area contributed by atoms with Crippen molar-refractivity contribution < 1.29 is 19.1 Å². The molecule has 0 saturated carbocycles. The van der Waals surface area contributed by atoms with Crippen molar-refractivity contribution in [1.82, 2.24) is 0 Å². The summed E-state index contributed by atoms with van der Waals surface area (Å²) in [6.45, 7) is 3.66. The van der Waals surface area contributed by atoms with E-state index in [-0.39, 0.29) is 12.5 Å². The topological polar surface area (TPSA) is 71.7 Å². The average molecular weight is 430 g/mol. The Hall–Kier alpha value is -2.57. The number of anilines is 1. The molecule has 2 aromatic carbocycles. The zero-order valence-corrected chi connectivity index (χ0v) is 16.9. The van der Waals surface area contributed by atoms with Crippen LogP contribution in [0.3, 0.4) is 0 Å². The van der Waals surface area contributed by atoms with Gasteiger partial charge in [-0.05, 0) is 55.3 Å². The van der Waals surface area contributed by atoms with E-state index < -0.39 is 0 Å². The van der Waals surface area contributed by atoms with Crippen molar-refractivity contribution in [2.45, 2.75) is 20.5 Å². The maximum Gasteiger partial charge on any atom is 0.259 e. The average Bonchev–Trinajstić information content (AvgIpc) is 3.12. The van der Waals surface area contributed by atoms with Gasteiger partial charge in [-0.3, -0.25) is 4.79 Å². The second kappa shape index (κ2) is 7.98. The highest BCUT2D eigenvalue weighted by molar-refractivity contribution is 9.10. The van der Waals surface area contributed by atoms with Gasteiger partial charge in [0.15, 0.2) is 0 Å². The number of nitrogens with one attached hydrogen (secondary N) is 1. The van der Waals surface area contributed by atoms with Crippen LogP contribution in [0.1, 0.15) is 27.2 Å². The number of methoxy groups -OCH3 is 1. The first-order valence-corrected chi connectivity index (χ1v) is 9.18. The van der Waals surface area contributed by atoms with Crippen molar-refractivity contribution >= 4 is 27.5 Å². The van der Waals surface area contributed by atoms with E-state index in [1.807, 2.05) is 38.1 Å². The summed E-state index contributed by atoms with van der Waals surface area (Å²) in [6, 6.07) is 12.8. The first kappa shape index (κ1) is 19.2. The van der Waals surface area contributed by atoms with E-state index >= 15 is 0 Å². The highest BCUT2D eigenvalue weighted by atomic mass is 79.9. The van der Waals surface area contributed by atoms with E-state index in [0.29, 0.717) is 28.5 Å². The fraction of sp³-hybridized carbons (Fsp3) is 0.190. The lowest BCUT2D eigenvalue weighted by molar-refractivity contribution is 0.102. The SMILES string of the molecule is COc1c(C)cc(Br)cc1C(=O)Nc1cc(-c2ccc(CO)o2)ccc1C. The molecule has 2 N–H and O–H groups in total. The quantitative estimate of drug-likeness (QED) is 0.592. The number of aryl methyl sites for hydroxylation is 2. The molecule has 1 aromatic heterocycles. The molecule has 1 heterocycles. The van der Waals surface area contributed by atoms with Crippen LogP contribution in [0.2, 0.25) is 0 Å². The molecule has 0 fully saturated rings. The molecule has 0 aliphatic rings. The first-order chi connectivity index (χ1) is 12.9. The van der Waals surface area contributed by atoms with Gasteiger partial charge in [0.1, 0.15) is 23.9 Å². The van der Waals surface area contributed by atoms with Crippen LogP contribution in [0.5, 0.6) is 5.75 Å². The Bertz CT molecular complexity index is 994. The molecule has 0 atom stereocenters. The zero-order chi connectivity index (χ0) is 19.6. The molecule has 0 radical (unpaired) electrons. The number of ether oxygens (including phenoxy) is 1. The number of rotatable bonds is 5. The number of aliphatic hydroxyl groups is 1. The van der Waals surface area contributed by atoms with Crippen LogP contribution in [0, 0.1) is 13.8 Å². The third kappa shape index (κ3) is 4.07. The summed E-state index contributed by atoms with van der Waals surface area (Å²) < 4.78 is 11.8. The summed E-state index contributed by atoms with van der Waals surface area (Å²) in [6.07, 6.45) is 0. The van der Waals surface area contributed by atoms with Gasteiger partial charge in [0.2, 0.25) is 0 Å². The number of benzene rings is 2. The Morgan fingerprint density at radius 2 is 1.93 bits per heavy atom. The third-order valence-corrected chi connectivity index (χ3v) is 4.73. The molecule has 0 saturated heterocycles. The number of hydrogen-bond acceptors (Lipinski definition) is 4. The Morgan fingerprint density at radius 1 is 1.15 bits per heavy atom. The highest BCUT2D eigenvalue weighted by Gasteiger charge is 2.17. The first-order valence-electron chi connectivity index (χ1n) is 8.39. The van der Waals surface area contributed by atoms with E-state index in [1.54, 1.807) is 25.3 Å². The lowest BCUT2D eigenvalue weighted by Gasteiger charge is -2.14. The summed E-state index contributed by atoms with van der Waals surface area (Å²) >= 11 is 3.43. The van der Waals surface area contributed by atoms with Crippen molar-refractivity contribution in [3.05, 3.63) is 69.4 Å². The van der Waals surface area contributed by atoms with Gasteiger partial charge in [0.25, 0.3) is 5.91 Å². The summed E-state index contributed by atoms with van der Waals surface area (Å²) in [5.41, 5.74) is 3.74. The van der Waals surface area contributed by atoms with Gasteiger partial charge >= 0.3 is 0 Å². The number of amides is 1. The van der Waals surface area contributed by atoms with Gasteiger partial charge in [-0.15, -0.1) is 0 Å². The summed E-state index contributed by atoms with van der Waals surface area (Å²) in [5.74, 6) is 1.41. The molecule has 3 rings (SSSR count). The van der Waals surface area contributed by atoms with Gasteiger partial charge in [0.05, 0.1) is 12.7 Å². The molecular weight excluding hydrogens is 410 g/mol. The van der Waals surface area contributed by atoms with Crippen LogP contribution in [0.15, 0.2) is 51.4 Å². The lowest BCUT2D eigenvalue weighted by atomic mass is 10.1. The predicted molar refractivity (Wildman–Crippen MR) is 108 cm³/mol. The van der Waals surface area contributed by atoms with E-state index in [9.17, 15) is 4.79 Å². The molecule has 0 aliphatic carbocycles. The number of hydrogen-bond donors (Lipinski definition) is 2. The normalized spacial score (nSPS) is 10.7. The maximum atomic E-state index is 12.9. The molecule has 27 heavy (non-hydrogen) atoms. The van der Waals surface area contributed by atoms with Gasteiger partial charge in [-0.25, -0.2) is 0 Å². The van der Waals surface area contributed by atoms with E-state index in [1.165, 1.54) is 0 Å². The van der Waals surface area contributed by atoms with Crippen LogP contribution in [-0.4, -0.2) is 18.1 Å². The minimum absolute atomic E-state index is 0.155. The summed E-state index contributed by atoms with van der Waals surface area (Å²) in [5, 5.41) is 12.1.